The Hall–Kier alpha value is -1.51. The first-order valence-corrected chi connectivity index (χ1v) is 9.08. The first-order chi connectivity index (χ1) is 10.4. The lowest BCUT2D eigenvalue weighted by atomic mass is 9.97. The number of nitrogens with one attached hydrogen (secondary N) is 1. The van der Waals surface area contributed by atoms with Crippen molar-refractivity contribution in [3.05, 3.63) is 29.6 Å². The highest BCUT2D eigenvalue weighted by molar-refractivity contribution is 7.88. The Labute approximate surface area is 130 Å². The molecular weight excluding hydrogens is 306 g/mol. The monoisotopic (exact) mass is 327 g/mol. The van der Waals surface area contributed by atoms with Crippen LogP contribution in [0.4, 0.5) is 0 Å². The summed E-state index contributed by atoms with van der Waals surface area (Å²) in [7, 11) is -3.29. The van der Waals surface area contributed by atoms with Crippen molar-refractivity contribution in [1.29, 1.82) is 0 Å². The molecule has 0 saturated carbocycles. The molecule has 0 aromatic carbocycles. The van der Waals surface area contributed by atoms with E-state index >= 15 is 0 Å². The van der Waals surface area contributed by atoms with E-state index in [1.54, 1.807) is 17.0 Å². The van der Waals surface area contributed by atoms with Gasteiger partial charge in [-0.25, -0.2) is 13.1 Å². The van der Waals surface area contributed by atoms with E-state index in [2.05, 4.69) is 9.71 Å². The molecule has 2 heterocycles. The fraction of sp³-hybridized carbons (Fsp3) is 0.571. The third kappa shape index (κ3) is 4.75. The first kappa shape index (κ1) is 16.9. The Bertz CT molecular complexity index is 625. The van der Waals surface area contributed by atoms with E-state index in [-0.39, 0.29) is 25.0 Å². The highest BCUT2D eigenvalue weighted by Crippen LogP contribution is 2.18. The largest absolute Gasteiger partial charge is 0.396 e. The number of hydrogen-bond acceptors (Lipinski definition) is 5. The second kappa shape index (κ2) is 7.17. The minimum absolute atomic E-state index is 0.0620. The maximum atomic E-state index is 12.4. The summed E-state index contributed by atoms with van der Waals surface area (Å²) in [6, 6.07) is 3.24. The van der Waals surface area contributed by atoms with E-state index < -0.39 is 10.0 Å². The maximum absolute atomic E-state index is 12.4. The van der Waals surface area contributed by atoms with E-state index in [0.717, 1.165) is 19.1 Å². The number of likely N-dealkylation sites (tertiary alicyclic amines) is 1. The van der Waals surface area contributed by atoms with Crippen molar-refractivity contribution in [3.63, 3.8) is 0 Å². The van der Waals surface area contributed by atoms with E-state index in [9.17, 15) is 13.2 Å². The molecular formula is C14H21N3O4S. The van der Waals surface area contributed by atoms with Crippen molar-refractivity contribution in [1.82, 2.24) is 14.6 Å². The van der Waals surface area contributed by atoms with Crippen molar-refractivity contribution in [2.75, 3.05) is 26.0 Å². The summed E-state index contributed by atoms with van der Waals surface area (Å²) in [5.74, 6) is 0.190. The topological polar surface area (TPSA) is 99.6 Å². The third-order valence-electron chi connectivity index (χ3n) is 3.74. The molecule has 7 nitrogen and oxygen atoms in total. The predicted octanol–water partition coefficient (Wildman–Crippen LogP) is -0.0247. The summed E-state index contributed by atoms with van der Waals surface area (Å²) in [5.41, 5.74) is 1.00. The highest BCUT2D eigenvalue weighted by Gasteiger charge is 2.23. The van der Waals surface area contributed by atoms with Gasteiger partial charge in [-0.05, 0) is 30.9 Å². The number of hydrogen-bond donors (Lipinski definition) is 2. The number of carbonyl (C=O) groups excluding carboxylic acids is 1. The minimum atomic E-state index is -3.29. The van der Waals surface area contributed by atoms with Crippen LogP contribution < -0.4 is 4.72 Å². The van der Waals surface area contributed by atoms with Crippen LogP contribution in [0.2, 0.25) is 0 Å². The standard InChI is InChI=1S/C14H21N3O4S/c1-22(20,21)16-9-13-8-12(2-5-15-13)14(19)17-6-3-11(10-18)4-7-17/h2,5,8,11,16,18H,3-4,6-7,9-10H2,1H3. The molecule has 2 N–H and O–H groups in total. The lowest BCUT2D eigenvalue weighted by Crippen LogP contribution is -2.39. The van der Waals surface area contributed by atoms with Crippen molar-refractivity contribution >= 4 is 15.9 Å². The number of pyridine rings is 1. The summed E-state index contributed by atoms with van der Waals surface area (Å²) < 4.78 is 24.5. The van der Waals surface area contributed by atoms with Crippen LogP contribution in [0, 0.1) is 5.92 Å². The second-order valence-electron chi connectivity index (χ2n) is 5.55. The Kier molecular flexibility index (Phi) is 5.49. The quantitative estimate of drug-likeness (QED) is 0.791. The molecule has 0 radical (unpaired) electrons. The molecule has 0 spiro atoms. The SMILES string of the molecule is CS(=O)(=O)NCc1cc(C(=O)N2CCC(CO)CC2)ccn1. The number of carbonyl (C=O) groups is 1. The summed E-state index contributed by atoms with van der Waals surface area (Å²) in [6.45, 7) is 1.48. The zero-order valence-electron chi connectivity index (χ0n) is 12.5. The van der Waals surface area contributed by atoms with Gasteiger partial charge in [-0.1, -0.05) is 0 Å². The molecule has 1 aliphatic rings. The normalized spacial score (nSPS) is 16.7. The Morgan fingerprint density at radius 2 is 2.14 bits per heavy atom. The Balaban J connectivity index is 2.01. The molecule has 0 aliphatic carbocycles. The fourth-order valence-corrected chi connectivity index (χ4v) is 2.82. The number of nitrogens with zero attached hydrogens (tertiary/aromatic N) is 2. The van der Waals surface area contributed by atoms with Crippen molar-refractivity contribution < 1.29 is 18.3 Å². The molecule has 2 rings (SSSR count). The molecule has 8 heteroatoms. The molecule has 1 saturated heterocycles. The van der Waals surface area contributed by atoms with Crippen LogP contribution in [-0.2, 0) is 16.6 Å². The van der Waals surface area contributed by atoms with Gasteiger partial charge in [0.25, 0.3) is 5.91 Å². The number of aliphatic hydroxyl groups is 1. The molecule has 1 aliphatic heterocycles. The van der Waals surface area contributed by atoms with Gasteiger partial charge in [0.15, 0.2) is 0 Å². The van der Waals surface area contributed by atoms with Gasteiger partial charge >= 0.3 is 0 Å². The minimum Gasteiger partial charge on any atom is -0.396 e. The number of aliphatic hydroxyl groups excluding tert-OH is 1. The summed E-state index contributed by atoms with van der Waals surface area (Å²) in [6.07, 6.45) is 4.19. The summed E-state index contributed by atoms with van der Waals surface area (Å²) in [5, 5.41) is 9.13. The number of aromatic nitrogens is 1. The number of sulfonamides is 1. The van der Waals surface area contributed by atoms with Crippen LogP contribution in [0.5, 0.6) is 0 Å². The van der Waals surface area contributed by atoms with Gasteiger partial charge in [0.2, 0.25) is 10.0 Å². The molecule has 0 unspecified atom stereocenters. The van der Waals surface area contributed by atoms with Crippen LogP contribution in [0.3, 0.4) is 0 Å². The van der Waals surface area contributed by atoms with E-state index in [1.165, 1.54) is 6.20 Å². The van der Waals surface area contributed by atoms with Gasteiger partial charge in [-0.15, -0.1) is 0 Å². The van der Waals surface area contributed by atoms with E-state index in [1.807, 2.05) is 0 Å². The molecule has 122 valence electrons. The third-order valence-corrected chi connectivity index (χ3v) is 4.41. The average molecular weight is 327 g/mol. The predicted molar refractivity (Wildman–Crippen MR) is 81.6 cm³/mol. The van der Waals surface area contributed by atoms with Crippen molar-refractivity contribution in [3.8, 4) is 0 Å². The van der Waals surface area contributed by atoms with Gasteiger partial charge < -0.3 is 10.0 Å². The van der Waals surface area contributed by atoms with E-state index in [4.69, 9.17) is 5.11 Å². The molecule has 22 heavy (non-hydrogen) atoms. The Morgan fingerprint density at radius 1 is 1.45 bits per heavy atom. The zero-order valence-corrected chi connectivity index (χ0v) is 13.3. The van der Waals surface area contributed by atoms with Crippen molar-refractivity contribution in [2.24, 2.45) is 5.92 Å². The average Bonchev–Trinajstić information content (AvgIpc) is 2.52. The van der Waals surface area contributed by atoms with Crippen LogP contribution in [-0.4, -0.2) is 55.3 Å². The molecule has 0 atom stereocenters. The second-order valence-corrected chi connectivity index (χ2v) is 7.38. The maximum Gasteiger partial charge on any atom is 0.253 e. The van der Waals surface area contributed by atoms with Crippen LogP contribution in [0.25, 0.3) is 0 Å². The Morgan fingerprint density at radius 3 is 2.73 bits per heavy atom. The van der Waals surface area contributed by atoms with Crippen molar-refractivity contribution in [2.45, 2.75) is 19.4 Å². The zero-order chi connectivity index (χ0) is 16.2. The van der Waals surface area contributed by atoms with Crippen LogP contribution in [0.15, 0.2) is 18.3 Å². The van der Waals surface area contributed by atoms with E-state index in [0.29, 0.717) is 24.3 Å². The number of amides is 1. The number of piperidine rings is 1. The molecule has 0 bridgehead atoms. The van der Waals surface area contributed by atoms with Crippen LogP contribution >= 0.6 is 0 Å². The van der Waals surface area contributed by atoms with Crippen LogP contribution in [0.1, 0.15) is 28.9 Å². The number of rotatable bonds is 5. The lowest BCUT2D eigenvalue weighted by molar-refractivity contribution is 0.0650. The summed E-state index contributed by atoms with van der Waals surface area (Å²) >= 11 is 0. The highest BCUT2D eigenvalue weighted by atomic mass is 32.2. The molecule has 1 aromatic heterocycles. The molecule has 1 amide bonds. The van der Waals surface area contributed by atoms with Gasteiger partial charge in [0, 0.05) is 31.5 Å². The first-order valence-electron chi connectivity index (χ1n) is 7.19. The van der Waals surface area contributed by atoms with Gasteiger partial charge in [-0.2, -0.15) is 0 Å². The molecule has 1 fully saturated rings. The lowest BCUT2D eigenvalue weighted by Gasteiger charge is -2.31. The van der Waals surface area contributed by atoms with Gasteiger partial charge in [-0.3, -0.25) is 9.78 Å². The molecule has 1 aromatic rings. The van der Waals surface area contributed by atoms with Gasteiger partial charge in [0.1, 0.15) is 0 Å². The van der Waals surface area contributed by atoms with Gasteiger partial charge in [0.05, 0.1) is 18.5 Å². The smallest absolute Gasteiger partial charge is 0.253 e. The summed E-state index contributed by atoms with van der Waals surface area (Å²) in [4.78, 5) is 18.3. The fourth-order valence-electron chi connectivity index (χ4n) is 2.41.